The highest BCUT2D eigenvalue weighted by Gasteiger charge is 2.29. The first-order chi connectivity index (χ1) is 12.7. The molecule has 1 atom stereocenters. The highest BCUT2D eigenvalue weighted by Crippen LogP contribution is 2.28. The largest absolute Gasteiger partial charge is 0.477 e. The molecule has 0 aromatic carbocycles. The Kier molecular flexibility index (Phi) is 6.22. The molecule has 140 valence electrons. The number of methoxy groups -OCH3 is 1. The van der Waals surface area contributed by atoms with Crippen LogP contribution in [0, 0.1) is 0 Å². The van der Waals surface area contributed by atoms with Crippen LogP contribution >= 0.6 is 0 Å². The molecule has 3 heterocycles. The Morgan fingerprint density at radius 1 is 1.35 bits per heavy atom. The monoisotopic (exact) mass is 358 g/mol. The second kappa shape index (κ2) is 8.80. The van der Waals surface area contributed by atoms with Crippen molar-refractivity contribution in [3.05, 3.63) is 42.1 Å². The summed E-state index contributed by atoms with van der Waals surface area (Å²) in [6.07, 6.45) is 7.42. The molecule has 26 heavy (non-hydrogen) atoms. The number of amides is 1. The van der Waals surface area contributed by atoms with Crippen LogP contribution in [-0.4, -0.2) is 58.8 Å². The van der Waals surface area contributed by atoms with E-state index in [9.17, 15) is 4.79 Å². The van der Waals surface area contributed by atoms with Gasteiger partial charge in [-0.3, -0.25) is 4.79 Å². The van der Waals surface area contributed by atoms with E-state index in [1.54, 1.807) is 25.4 Å². The molecule has 0 aliphatic carbocycles. The van der Waals surface area contributed by atoms with Crippen LogP contribution in [0.3, 0.4) is 0 Å². The first-order valence-corrected chi connectivity index (χ1v) is 9.11. The standard InChI is InChI=1S/C19H26N4O3/c1-3-26-18-16(7-4-8-21-18)19(24)23-10-5-6-15(14-23)17-20-9-11-22(17)12-13-25-2/h4,7-9,11,15H,3,5-6,10,12-14H2,1-2H3/t15-/m0/s1. The Labute approximate surface area is 154 Å². The van der Waals surface area contributed by atoms with Crippen molar-refractivity contribution in [3.8, 4) is 5.88 Å². The van der Waals surface area contributed by atoms with E-state index in [1.807, 2.05) is 24.2 Å². The summed E-state index contributed by atoms with van der Waals surface area (Å²) >= 11 is 0. The first kappa shape index (κ1) is 18.4. The van der Waals surface area contributed by atoms with Crippen molar-refractivity contribution in [3.63, 3.8) is 0 Å². The zero-order chi connectivity index (χ0) is 18.4. The van der Waals surface area contributed by atoms with Crippen molar-refractivity contribution in [1.29, 1.82) is 0 Å². The number of imidazole rings is 1. The Hall–Kier alpha value is -2.41. The molecular weight excluding hydrogens is 332 g/mol. The van der Waals surface area contributed by atoms with Gasteiger partial charge in [-0.05, 0) is 31.9 Å². The normalized spacial score (nSPS) is 17.3. The van der Waals surface area contributed by atoms with Gasteiger partial charge in [-0.15, -0.1) is 0 Å². The molecule has 0 saturated carbocycles. The van der Waals surface area contributed by atoms with E-state index in [4.69, 9.17) is 9.47 Å². The highest BCUT2D eigenvalue weighted by molar-refractivity contribution is 5.96. The third-order valence-electron chi connectivity index (χ3n) is 4.64. The highest BCUT2D eigenvalue weighted by atomic mass is 16.5. The smallest absolute Gasteiger partial charge is 0.259 e. The molecule has 3 rings (SSSR count). The van der Waals surface area contributed by atoms with Crippen LogP contribution in [0.1, 0.15) is 41.9 Å². The molecule has 7 nitrogen and oxygen atoms in total. The van der Waals surface area contributed by atoms with Gasteiger partial charge in [-0.1, -0.05) is 0 Å². The van der Waals surface area contributed by atoms with E-state index in [-0.39, 0.29) is 11.8 Å². The molecule has 0 N–H and O–H groups in total. The lowest BCUT2D eigenvalue weighted by molar-refractivity contribution is 0.0697. The molecule has 7 heteroatoms. The lowest BCUT2D eigenvalue weighted by atomic mass is 9.96. The number of pyridine rings is 1. The molecule has 1 aliphatic heterocycles. The van der Waals surface area contributed by atoms with Crippen LogP contribution < -0.4 is 4.74 Å². The zero-order valence-corrected chi connectivity index (χ0v) is 15.4. The second-order valence-electron chi connectivity index (χ2n) is 6.35. The average Bonchev–Trinajstić information content (AvgIpc) is 3.15. The maximum absolute atomic E-state index is 13.0. The number of nitrogens with zero attached hydrogens (tertiary/aromatic N) is 4. The minimum absolute atomic E-state index is 0.0266. The molecule has 2 aromatic heterocycles. The van der Waals surface area contributed by atoms with Crippen molar-refractivity contribution in [1.82, 2.24) is 19.4 Å². The lowest BCUT2D eigenvalue weighted by Crippen LogP contribution is -2.40. The van der Waals surface area contributed by atoms with E-state index in [1.165, 1.54) is 0 Å². The van der Waals surface area contributed by atoms with Crippen LogP contribution in [-0.2, 0) is 11.3 Å². The Bertz CT molecular complexity index is 731. The fourth-order valence-corrected chi connectivity index (χ4v) is 3.41. The molecule has 1 amide bonds. The summed E-state index contributed by atoms with van der Waals surface area (Å²) in [6, 6.07) is 3.55. The molecule has 1 aliphatic rings. The number of aromatic nitrogens is 3. The van der Waals surface area contributed by atoms with Crippen LogP contribution in [0.25, 0.3) is 0 Å². The second-order valence-corrected chi connectivity index (χ2v) is 6.35. The molecule has 0 unspecified atom stereocenters. The fourth-order valence-electron chi connectivity index (χ4n) is 3.41. The van der Waals surface area contributed by atoms with Gasteiger partial charge in [0, 0.05) is 51.3 Å². The predicted octanol–water partition coefficient (Wildman–Crippen LogP) is 2.34. The van der Waals surface area contributed by atoms with Gasteiger partial charge in [0.25, 0.3) is 5.91 Å². The van der Waals surface area contributed by atoms with Gasteiger partial charge >= 0.3 is 0 Å². The maximum Gasteiger partial charge on any atom is 0.259 e. The Morgan fingerprint density at radius 3 is 3.04 bits per heavy atom. The first-order valence-electron chi connectivity index (χ1n) is 9.11. The molecule has 2 aromatic rings. The minimum atomic E-state index is -0.0266. The van der Waals surface area contributed by atoms with Gasteiger partial charge in [0.05, 0.1) is 13.2 Å². The summed E-state index contributed by atoms with van der Waals surface area (Å²) in [4.78, 5) is 23.7. The van der Waals surface area contributed by atoms with Gasteiger partial charge in [-0.2, -0.15) is 0 Å². The van der Waals surface area contributed by atoms with Crippen LogP contribution in [0.15, 0.2) is 30.7 Å². The summed E-state index contributed by atoms with van der Waals surface area (Å²) in [7, 11) is 1.70. The van der Waals surface area contributed by atoms with E-state index in [2.05, 4.69) is 14.5 Å². The maximum atomic E-state index is 13.0. The van der Waals surface area contributed by atoms with E-state index < -0.39 is 0 Å². The number of likely N-dealkylation sites (tertiary alicyclic amines) is 1. The number of carbonyl (C=O) groups is 1. The number of hydrogen-bond acceptors (Lipinski definition) is 5. The molecule has 0 bridgehead atoms. The summed E-state index contributed by atoms with van der Waals surface area (Å²) in [6.45, 7) is 5.19. The zero-order valence-electron chi connectivity index (χ0n) is 15.4. The van der Waals surface area contributed by atoms with Crippen LogP contribution in [0.5, 0.6) is 5.88 Å². The minimum Gasteiger partial charge on any atom is -0.477 e. The predicted molar refractivity (Wildman–Crippen MR) is 97.4 cm³/mol. The summed E-state index contributed by atoms with van der Waals surface area (Å²) < 4.78 is 12.8. The molecular formula is C19H26N4O3. The number of rotatable bonds is 7. The van der Waals surface area contributed by atoms with Crippen molar-refractivity contribution in [2.24, 2.45) is 0 Å². The number of hydrogen-bond donors (Lipinski definition) is 0. The summed E-state index contributed by atoms with van der Waals surface area (Å²) in [5.41, 5.74) is 0.526. The number of piperidine rings is 1. The van der Waals surface area contributed by atoms with E-state index in [0.29, 0.717) is 31.2 Å². The van der Waals surface area contributed by atoms with Gasteiger partial charge < -0.3 is 18.9 Å². The van der Waals surface area contributed by atoms with Gasteiger partial charge in [0.1, 0.15) is 11.4 Å². The molecule has 0 spiro atoms. The number of ether oxygens (including phenoxy) is 2. The molecule has 1 saturated heterocycles. The fraction of sp³-hybridized carbons (Fsp3) is 0.526. The Balaban J connectivity index is 1.75. The molecule has 0 radical (unpaired) electrons. The van der Waals surface area contributed by atoms with Crippen molar-refractivity contribution >= 4 is 5.91 Å². The molecule has 1 fully saturated rings. The summed E-state index contributed by atoms with van der Waals surface area (Å²) in [5, 5.41) is 0. The van der Waals surface area contributed by atoms with Crippen LogP contribution in [0.4, 0.5) is 0 Å². The van der Waals surface area contributed by atoms with Crippen LogP contribution in [0.2, 0.25) is 0 Å². The topological polar surface area (TPSA) is 69.5 Å². The van der Waals surface area contributed by atoms with Gasteiger partial charge in [0.15, 0.2) is 0 Å². The van der Waals surface area contributed by atoms with Crippen molar-refractivity contribution in [2.75, 3.05) is 33.4 Å². The third kappa shape index (κ3) is 4.04. The van der Waals surface area contributed by atoms with Crippen molar-refractivity contribution < 1.29 is 14.3 Å². The van der Waals surface area contributed by atoms with Gasteiger partial charge in [-0.25, -0.2) is 9.97 Å². The van der Waals surface area contributed by atoms with E-state index in [0.717, 1.165) is 31.8 Å². The summed E-state index contributed by atoms with van der Waals surface area (Å²) in [5.74, 6) is 1.63. The average molecular weight is 358 g/mol. The van der Waals surface area contributed by atoms with Crippen molar-refractivity contribution in [2.45, 2.75) is 32.2 Å². The lowest BCUT2D eigenvalue weighted by Gasteiger charge is -2.33. The number of carbonyl (C=O) groups excluding carboxylic acids is 1. The van der Waals surface area contributed by atoms with E-state index >= 15 is 0 Å². The SMILES string of the molecule is CCOc1ncccc1C(=O)N1CCC[C@H](c2nccn2CCOC)C1. The van der Waals surface area contributed by atoms with Gasteiger partial charge in [0.2, 0.25) is 5.88 Å². The third-order valence-corrected chi connectivity index (χ3v) is 4.64. The Morgan fingerprint density at radius 2 is 2.23 bits per heavy atom. The quantitative estimate of drug-likeness (QED) is 0.760.